The predicted octanol–water partition coefficient (Wildman–Crippen LogP) is 1.99. The first-order valence-electron chi connectivity index (χ1n) is 7.01. The molecule has 2 heterocycles. The molecule has 2 N–H and O–H groups in total. The topological polar surface area (TPSA) is 106 Å². The first-order valence-corrected chi connectivity index (χ1v) is 7.81. The smallest absolute Gasteiger partial charge is 0.306 e. The predicted molar refractivity (Wildman–Crippen MR) is 86.2 cm³/mol. The quantitative estimate of drug-likeness (QED) is 0.612. The molecule has 1 fully saturated rings. The second-order valence-electron chi connectivity index (χ2n) is 5.08. The fourth-order valence-corrected chi connectivity index (χ4v) is 2.48. The van der Waals surface area contributed by atoms with Gasteiger partial charge in [0.2, 0.25) is 0 Å². The maximum atomic E-state index is 12.3. The number of carboxylic acid groups (broad SMARTS) is 1. The van der Waals surface area contributed by atoms with E-state index < -0.39 is 17.8 Å². The molecule has 0 bridgehead atoms. The number of carbonyl (C=O) groups is 2. The van der Waals surface area contributed by atoms with Gasteiger partial charge in [-0.1, -0.05) is 0 Å². The van der Waals surface area contributed by atoms with Crippen molar-refractivity contribution in [2.24, 2.45) is 5.92 Å². The van der Waals surface area contributed by atoms with E-state index in [1.54, 1.807) is 18.3 Å². The second-order valence-corrected chi connectivity index (χ2v) is 6.00. The van der Waals surface area contributed by atoms with Crippen molar-refractivity contribution in [3.8, 4) is 6.07 Å². The van der Waals surface area contributed by atoms with Crippen LogP contribution in [0.2, 0.25) is 0 Å². The zero-order valence-electron chi connectivity index (χ0n) is 12.2. The van der Waals surface area contributed by atoms with E-state index in [0.717, 1.165) is 4.47 Å². The fraction of sp³-hybridized carbons (Fsp3) is 0.333. The highest BCUT2D eigenvalue weighted by Crippen LogP contribution is 2.19. The molecule has 1 aliphatic rings. The van der Waals surface area contributed by atoms with Gasteiger partial charge in [-0.05, 0) is 40.9 Å². The Morgan fingerprint density at radius 2 is 2.13 bits per heavy atom. The first kappa shape index (κ1) is 17.0. The number of piperidine rings is 1. The number of carbonyl (C=O) groups excluding carboxylic acids is 1. The van der Waals surface area contributed by atoms with Crippen LogP contribution >= 0.6 is 15.9 Å². The average molecular weight is 379 g/mol. The SMILES string of the molecule is N#C/C(=C/Nc1ccc(Br)cn1)C(=O)N1CCC(C(=O)O)CC1. The Balaban J connectivity index is 1.99. The van der Waals surface area contributed by atoms with E-state index >= 15 is 0 Å². The number of pyridine rings is 1. The highest BCUT2D eigenvalue weighted by Gasteiger charge is 2.28. The number of anilines is 1. The number of halogens is 1. The van der Waals surface area contributed by atoms with Crippen LogP contribution in [-0.2, 0) is 9.59 Å². The number of likely N-dealkylation sites (tertiary alicyclic amines) is 1. The fourth-order valence-electron chi connectivity index (χ4n) is 2.25. The third-order valence-electron chi connectivity index (χ3n) is 3.57. The number of aromatic nitrogens is 1. The summed E-state index contributed by atoms with van der Waals surface area (Å²) in [6, 6.07) is 5.36. The van der Waals surface area contributed by atoms with Crippen molar-refractivity contribution in [1.29, 1.82) is 5.26 Å². The minimum atomic E-state index is -0.837. The summed E-state index contributed by atoms with van der Waals surface area (Å²) in [6.45, 7) is 0.677. The van der Waals surface area contributed by atoms with Crippen LogP contribution in [0.25, 0.3) is 0 Å². The maximum Gasteiger partial charge on any atom is 0.306 e. The molecule has 1 aromatic rings. The van der Waals surface area contributed by atoms with Gasteiger partial charge in [-0.3, -0.25) is 9.59 Å². The molecule has 0 unspecified atom stereocenters. The number of nitrogens with one attached hydrogen (secondary N) is 1. The highest BCUT2D eigenvalue weighted by atomic mass is 79.9. The molecule has 0 aromatic carbocycles. The van der Waals surface area contributed by atoms with Gasteiger partial charge in [0.05, 0.1) is 5.92 Å². The summed E-state index contributed by atoms with van der Waals surface area (Å²) < 4.78 is 0.824. The van der Waals surface area contributed by atoms with Gasteiger partial charge in [0.25, 0.3) is 5.91 Å². The molecule has 0 aliphatic carbocycles. The monoisotopic (exact) mass is 378 g/mol. The lowest BCUT2D eigenvalue weighted by Crippen LogP contribution is -2.40. The van der Waals surface area contributed by atoms with Crippen LogP contribution in [0.3, 0.4) is 0 Å². The van der Waals surface area contributed by atoms with Crippen molar-refractivity contribution < 1.29 is 14.7 Å². The van der Waals surface area contributed by atoms with Crippen LogP contribution in [0.15, 0.2) is 34.6 Å². The maximum absolute atomic E-state index is 12.3. The van der Waals surface area contributed by atoms with Crippen molar-refractivity contribution in [1.82, 2.24) is 9.88 Å². The van der Waals surface area contributed by atoms with Crippen LogP contribution in [0.5, 0.6) is 0 Å². The summed E-state index contributed by atoms with van der Waals surface area (Å²) in [7, 11) is 0. The Bertz CT molecular complexity index is 658. The molecule has 1 aliphatic heterocycles. The Hall–Kier alpha value is -2.40. The summed E-state index contributed by atoms with van der Waals surface area (Å²) in [5, 5.41) is 20.9. The first-order chi connectivity index (χ1) is 11.0. The number of amides is 1. The van der Waals surface area contributed by atoms with E-state index in [9.17, 15) is 9.59 Å². The number of carboxylic acids is 1. The molecule has 0 radical (unpaired) electrons. The molecule has 0 saturated carbocycles. The van der Waals surface area contributed by atoms with Crippen LogP contribution in [-0.4, -0.2) is 40.0 Å². The van der Waals surface area contributed by atoms with Gasteiger partial charge in [-0.15, -0.1) is 0 Å². The van der Waals surface area contributed by atoms with Crippen molar-refractivity contribution in [2.75, 3.05) is 18.4 Å². The molecule has 23 heavy (non-hydrogen) atoms. The Morgan fingerprint density at radius 3 is 2.65 bits per heavy atom. The summed E-state index contributed by atoms with van der Waals surface area (Å²) >= 11 is 3.27. The molecule has 1 amide bonds. The third-order valence-corrected chi connectivity index (χ3v) is 4.04. The van der Waals surface area contributed by atoms with Crippen molar-refractivity contribution >= 4 is 33.6 Å². The number of nitriles is 1. The van der Waals surface area contributed by atoms with Crippen molar-refractivity contribution in [3.05, 3.63) is 34.6 Å². The minimum Gasteiger partial charge on any atom is -0.481 e. The Labute approximate surface area is 141 Å². The summed E-state index contributed by atoms with van der Waals surface area (Å²) in [5.74, 6) is -1.14. The standard InChI is InChI=1S/C15H15BrN4O3/c16-12-1-2-13(19-9-12)18-8-11(7-17)14(21)20-5-3-10(4-6-20)15(22)23/h1-2,8-10H,3-6H2,(H,18,19)(H,22,23)/b11-8-. The summed E-state index contributed by atoms with van der Waals surface area (Å²) in [5.41, 5.74) is -0.0384. The van der Waals surface area contributed by atoms with E-state index in [1.165, 1.54) is 11.1 Å². The van der Waals surface area contributed by atoms with E-state index in [-0.39, 0.29) is 5.57 Å². The lowest BCUT2D eigenvalue weighted by molar-refractivity contribution is -0.145. The Morgan fingerprint density at radius 1 is 1.43 bits per heavy atom. The molecule has 8 heteroatoms. The number of nitrogens with zero attached hydrogens (tertiary/aromatic N) is 3. The van der Waals surface area contributed by atoms with Crippen LogP contribution in [0.4, 0.5) is 5.82 Å². The lowest BCUT2D eigenvalue weighted by Gasteiger charge is -2.29. The highest BCUT2D eigenvalue weighted by molar-refractivity contribution is 9.10. The summed E-state index contributed by atoms with van der Waals surface area (Å²) in [4.78, 5) is 28.8. The second kappa shape index (κ2) is 7.74. The molecular weight excluding hydrogens is 364 g/mol. The molecule has 1 aromatic heterocycles. The Kier molecular flexibility index (Phi) is 5.71. The number of hydrogen-bond acceptors (Lipinski definition) is 5. The lowest BCUT2D eigenvalue weighted by atomic mass is 9.97. The number of hydrogen-bond donors (Lipinski definition) is 2. The van der Waals surface area contributed by atoms with Crippen molar-refractivity contribution in [3.63, 3.8) is 0 Å². The largest absolute Gasteiger partial charge is 0.481 e. The summed E-state index contributed by atoms with van der Waals surface area (Å²) in [6.07, 6.45) is 3.73. The van der Waals surface area contributed by atoms with Gasteiger partial charge >= 0.3 is 5.97 Å². The van der Waals surface area contributed by atoms with E-state index in [2.05, 4.69) is 26.2 Å². The molecule has 0 atom stereocenters. The van der Waals surface area contributed by atoms with Gasteiger partial charge in [0.15, 0.2) is 0 Å². The molecule has 2 rings (SSSR count). The van der Waals surface area contributed by atoms with Gasteiger partial charge in [-0.25, -0.2) is 4.98 Å². The van der Waals surface area contributed by atoms with Gasteiger partial charge in [-0.2, -0.15) is 5.26 Å². The van der Waals surface area contributed by atoms with Crippen molar-refractivity contribution in [2.45, 2.75) is 12.8 Å². The molecule has 0 spiro atoms. The molecular formula is C15H15BrN4O3. The average Bonchev–Trinajstić information content (AvgIpc) is 2.57. The number of aliphatic carboxylic acids is 1. The molecule has 120 valence electrons. The number of rotatable bonds is 4. The van der Waals surface area contributed by atoms with Gasteiger partial charge < -0.3 is 15.3 Å². The van der Waals surface area contributed by atoms with Gasteiger partial charge in [0, 0.05) is 30.0 Å². The third kappa shape index (κ3) is 4.53. The van der Waals surface area contributed by atoms with E-state index in [4.69, 9.17) is 10.4 Å². The van der Waals surface area contributed by atoms with E-state index in [1.807, 2.05) is 6.07 Å². The zero-order valence-corrected chi connectivity index (χ0v) is 13.8. The molecule has 1 saturated heterocycles. The zero-order chi connectivity index (χ0) is 16.8. The van der Waals surface area contributed by atoms with Gasteiger partial charge in [0.1, 0.15) is 17.5 Å². The minimum absolute atomic E-state index is 0.0384. The van der Waals surface area contributed by atoms with Crippen LogP contribution in [0, 0.1) is 17.2 Å². The van der Waals surface area contributed by atoms with Crippen LogP contribution < -0.4 is 5.32 Å². The molecule has 7 nitrogen and oxygen atoms in total. The normalized spacial score (nSPS) is 15.8. The van der Waals surface area contributed by atoms with Crippen LogP contribution in [0.1, 0.15) is 12.8 Å². The van der Waals surface area contributed by atoms with E-state index in [0.29, 0.717) is 31.7 Å².